The highest BCUT2D eigenvalue weighted by molar-refractivity contribution is 7.90. The molecular formula is C23H21N5O2S2. The number of hydrazone groups is 1. The third kappa shape index (κ3) is 5.19. The number of benzene rings is 2. The maximum absolute atomic E-state index is 11.7. The first-order valence-electron chi connectivity index (χ1n) is 9.72. The van der Waals surface area contributed by atoms with Gasteiger partial charge in [0, 0.05) is 23.7 Å². The van der Waals surface area contributed by atoms with Crippen LogP contribution in [0, 0.1) is 0 Å². The van der Waals surface area contributed by atoms with Crippen molar-refractivity contribution in [2.75, 3.05) is 17.0 Å². The number of rotatable bonds is 7. The zero-order chi connectivity index (χ0) is 22.6. The maximum atomic E-state index is 11.7. The summed E-state index contributed by atoms with van der Waals surface area (Å²) in [5.41, 5.74) is 7.25. The molecule has 0 saturated carbocycles. The van der Waals surface area contributed by atoms with Crippen molar-refractivity contribution in [3.63, 3.8) is 0 Å². The van der Waals surface area contributed by atoms with Crippen molar-refractivity contribution >= 4 is 44.3 Å². The fraction of sp³-hybridized carbons (Fsp3) is 0.0870. The van der Waals surface area contributed by atoms with Gasteiger partial charge in [0.1, 0.15) is 0 Å². The van der Waals surface area contributed by atoms with E-state index in [-0.39, 0.29) is 4.90 Å². The fourth-order valence-electron chi connectivity index (χ4n) is 2.95. The van der Waals surface area contributed by atoms with E-state index < -0.39 is 9.84 Å². The van der Waals surface area contributed by atoms with Gasteiger partial charge in [-0.1, -0.05) is 30.3 Å². The van der Waals surface area contributed by atoms with Crippen molar-refractivity contribution in [2.45, 2.75) is 11.8 Å². The number of thiophene rings is 1. The first-order valence-corrected chi connectivity index (χ1v) is 12.6. The van der Waals surface area contributed by atoms with Gasteiger partial charge in [0.25, 0.3) is 0 Å². The van der Waals surface area contributed by atoms with Gasteiger partial charge in [-0.25, -0.2) is 13.4 Å². The van der Waals surface area contributed by atoms with Crippen molar-refractivity contribution < 1.29 is 8.42 Å². The highest BCUT2D eigenvalue weighted by atomic mass is 32.2. The van der Waals surface area contributed by atoms with Crippen LogP contribution in [0.2, 0.25) is 0 Å². The van der Waals surface area contributed by atoms with Crippen LogP contribution in [0.3, 0.4) is 0 Å². The molecule has 0 bridgehead atoms. The number of sulfone groups is 1. The van der Waals surface area contributed by atoms with Crippen LogP contribution in [0.25, 0.3) is 11.1 Å². The molecule has 4 aromatic rings. The van der Waals surface area contributed by atoms with Gasteiger partial charge in [0.05, 0.1) is 10.6 Å². The van der Waals surface area contributed by atoms with Gasteiger partial charge in [-0.2, -0.15) is 21.4 Å². The van der Waals surface area contributed by atoms with Crippen molar-refractivity contribution in [3.8, 4) is 11.1 Å². The van der Waals surface area contributed by atoms with Crippen molar-refractivity contribution in [3.05, 3.63) is 83.2 Å². The van der Waals surface area contributed by atoms with Crippen LogP contribution in [0.4, 0.5) is 17.5 Å². The van der Waals surface area contributed by atoms with Crippen LogP contribution in [-0.2, 0) is 9.84 Å². The lowest BCUT2D eigenvalue weighted by atomic mass is 10.1. The monoisotopic (exact) mass is 463 g/mol. The molecule has 0 unspecified atom stereocenters. The molecule has 2 aromatic carbocycles. The number of anilines is 3. The van der Waals surface area contributed by atoms with E-state index in [9.17, 15) is 8.42 Å². The molecule has 0 spiro atoms. The second-order valence-corrected chi connectivity index (χ2v) is 9.86. The smallest absolute Gasteiger partial charge is 0.229 e. The van der Waals surface area contributed by atoms with Crippen molar-refractivity contribution in [2.24, 2.45) is 5.10 Å². The van der Waals surface area contributed by atoms with Gasteiger partial charge in [0.2, 0.25) is 5.95 Å². The Morgan fingerprint density at radius 2 is 1.78 bits per heavy atom. The van der Waals surface area contributed by atoms with Gasteiger partial charge in [-0.15, -0.1) is 0 Å². The standard InChI is InChI=1S/C23H21N5O2S2/c1-16(17-8-10-20(11-9-17)32(2,29)30)27-28-22-21(18-12-13-31-15-18)14-24-23(26-22)25-19-6-4-3-5-7-19/h3-15H,1-2H3,(H2,24,25,26,28). The summed E-state index contributed by atoms with van der Waals surface area (Å²) in [6.45, 7) is 1.84. The van der Waals surface area contributed by atoms with Gasteiger partial charge < -0.3 is 5.32 Å². The molecule has 162 valence electrons. The molecule has 0 aliphatic carbocycles. The molecule has 2 N–H and O–H groups in total. The predicted octanol–water partition coefficient (Wildman–Crippen LogP) is 5.19. The number of aromatic nitrogens is 2. The molecule has 0 aliphatic rings. The topological polar surface area (TPSA) is 96.3 Å². The Balaban J connectivity index is 1.62. The van der Waals surface area contributed by atoms with Gasteiger partial charge in [-0.3, -0.25) is 5.43 Å². The second kappa shape index (κ2) is 9.29. The SMILES string of the molecule is CC(=NNc1nc(Nc2ccccc2)ncc1-c1ccsc1)c1ccc(S(C)(=O)=O)cc1. The predicted molar refractivity (Wildman–Crippen MR) is 130 cm³/mol. The minimum atomic E-state index is -3.24. The van der Waals surface area contributed by atoms with E-state index >= 15 is 0 Å². The molecule has 2 aromatic heterocycles. The quantitative estimate of drug-likeness (QED) is 0.289. The Kier molecular flexibility index (Phi) is 6.29. The number of hydrogen-bond donors (Lipinski definition) is 2. The first kappa shape index (κ1) is 21.7. The first-order chi connectivity index (χ1) is 15.4. The summed E-state index contributed by atoms with van der Waals surface area (Å²) in [7, 11) is -3.24. The van der Waals surface area contributed by atoms with E-state index in [0.29, 0.717) is 17.5 Å². The lowest BCUT2D eigenvalue weighted by Crippen LogP contribution is -2.05. The van der Waals surface area contributed by atoms with E-state index in [1.54, 1.807) is 41.8 Å². The summed E-state index contributed by atoms with van der Waals surface area (Å²) >= 11 is 1.59. The zero-order valence-electron chi connectivity index (χ0n) is 17.5. The van der Waals surface area contributed by atoms with E-state index in [1.165, 1.54) is 6.26 Å². The van der Waals surface area contributed by atoms with Gasteiger partial charge in [0.15, 0.2) is 15.7 Å². The highest BCUT2D eigenvalue weighted by Crippen LogP contribution is 2.29. The molecule has 0 radical (unpaired) electrons. The molecule has 0 atom stereocenters. The van der Waals surface area contributed by atoms with E-state index in [1.807, 2.05) is 54.1 Å². The molecule has 32 heavy (non-hydrogen) atoms. The minimum absolute atomic E-state index is 0.272. The summed E-state index contributed by atoms with van der Waals surface area (Å²) in [5.74, 6) is 1.01. The van der Waals surface area contributed by atoms with Crippen molar-refractivity contribution in [1.29, 1.82) is 0 Å². The summed E-state index contributed by atoms with van der Waals surface area (Å²) < 4.78 is 23.4. The largest absolute Gasteiger partial charge is 0.324 e. The summed E-state index contributed by atoms with van der Waals surface area (Å²) in [6.07, 6.45) is 2.95. The summed E-state index contributed by atoms with van der Waals surface area (Å²) in [5, 5.41) is 11.7. The average molecular weight is 464 g/mol. The van der Waals surface area contributed by atoms with Gasteiger partial charge >= 0.3 is 0 Å². The Bertz CT molecular complexity index is 1340. The second-order valence-electron chi connectivity index (χ2n) is 7.06. The van der Waals surface area contributed by atoms with Crippen LogP contribution < -0.4 is 10.7 Å². The molecule has 0 fully saturated rings. The van der Waals surface area contributed by atoms with E-state index in [4.69, 9.17) is 0 Å². The molecular weight excluding hydrogens is 442 g/mol. The summed E-state index contributed by atoms with van der Waals surface area (Å²) in [4.78, 5) is 9.34. The highest BCUT2D eigenvalue weighted by Gasteiger charge is 2.11. The third-order valence-corrected chi connectivity index (χ3v) is 6.49. The minimum Gasteiger partial charge on any atom is -0.324 e. The summed E-state index contributed by atoms with van der Waals surface area (Å²) in [6, 6.07) is 18.3. The van der Waals surface area contributed by atoms with Crippen LogP contribution in [0.1, 0.15) is 12.5 Å². The Morgan fingerprint density at radius 1 is 1.03 bits per heavy atom. The lowest BCUT2D eigenvalue weighted by Gasteiger charge is -2.11. The lowest BCUT2D eigenvalue weighted by molar-refractivity contribution is 0.602. The van der Waals surface area contributed by atoms with E-state index in [0.717, 1.165) is 22.4 Å². The van der Waals surface area contributed by atoms with Gasteiger partial charge in [-0.05, 0) is 59.1 Å². The molecule has 7 nitrogen and oxygen atoms in total. The number of hydrogen-bond acceptors (Lipinski definition) is 8. The van der Waals surface area contributed by atoms with Crippen molar-refractivity contribution in [1.82, 2.24) is 9.97 Å². The third-order valence-electron chi connectivity index (χ3n) is 4.68. The molecule has 9 heteroatoms. The molecule has 4 rings (SSSR count). The number of nitrogens with one attached hydrogen (secondary N) is 2. The Morgan fingerprint density at radius 3 is 2.44 bits per heavy atom. The maximum Gasteiger partial charge on any atom is 0.229 e. The van der Waals surface area contributed by atoms with Crippen LogP contribution >= 0.6 is 11.3 Å². The molecule has 0 aliphatic heterocycles. The average Bonchev–Trinajstić information content (AvgIpc) is 3.32. The molecule has 0 amide bonds. The molecule has 0 saturated heterocycles. The number of nitrogens with zero attached hydrogens (tertiary/aromatic N) is 3. The van der Waals surface area contributed by atoms with Crippen LogP contribution in [0.5, 0.6) is 0 Å². The van der Waals surface area contributed by atoms with E-state index in [2.05, 4.69) is 25.8 Å². The fourth-order valence-corrected chi connectivity index (χ4v) is 4.24. The number of para-hydroxylation sites is 1. The van der Waals surface area contributed by atoms with Crippen LogP contribution in [-0.4, -0.2) is 30.4 Å². The zero-order valence-corrected chi connectivity index (χ0v) is 19.1. The molecule has 2 heterocycles. The Labute approximate surface area is 190 Å². The normalized spacial score (nSPS) is 11.9. The Hall–Kier alpha value is -3.56. The van der Waals surface area contributed by atoms with Crippen LogP contribution in [0.15, 0.2) is 87.6 Å².